The van der Waals surface area contributed by atoms with Crippen LogP contribution in [-0.2, 0) is 4.79 Å². The third kappa shape index (κ3) is 4.37. The molecule has 134 valence electrons. The maximum atomic E-state index is 12.3. The van der Waals surface area contributed by atoms with Crippen molar-refractivity contribution in [2.45, 2.75) is 25.8 Å². The quantitative estimate of drug-likeness (QED) is 0.426. The number of hydrogen-bond donors (Lipinski definition) is 2. The van der Waals surface area contributed by atoms with E-state index in [1.807, 2.05) is 0 Å². The van der Waals surface area contributed by atoms with Crippen molar-refractivity contribution in [2.75, 3.05) is 19.7 Å². The van der Waals surface area contributed by atoms with E-state index in [1.165, 1.54) is 4.90 Å². The van der Waals surface area contributed by atoms with Crippen molar-refractivity contribution in [1.82, 2.24) is 15.5 Å². The standard InChI is InChI=1S/C18H23N3O4/c1-4-12-25-14-9-6-5-8-13(14)15(22)19-10-7-11-21-16(23)18(2,3)20-17(21)24/h4-6,8-9H,1,7,10-12H2,2-3H3,(H,19,22)(H,20,24). The average molecular weight is 345 g/mol. The number of benzene rings is 1. The predicted octanol–water partition coefficient (Wildman–Crippen LogP) is 1.70. The van der Waals surface area contributed by atoms with Crippen LogP contribution in [0.15, 0.2) is 36.9 Å². The van der Waals surface area contributed by atoms with E-state index in [4.69, 9.17) is 4.74 Å². The molecule has 0 spiro atoms. The van der Waals surface area contributed by atoms with Crippen LogP contribution >= 0.6 is 0 Å². The fourth-order valence-corrected chi connectivity index (χ4v) is 2.48. The molecule has 1 aliphatic heterocycles. The van der Waals surface area contributed by atoms with Gasteiger partial charge in [0.1, 0.15) is 17.9 Å². The van der Waals surface area contributed by atoms with Gasteiger partial charge in [-0.1, -0.05) is 24.8 Å². The number of urea groups is 1. The van der Waals surface area contributed by atoms with Crippen LogP contribution in [0.3, 0.4) is 0 Å². The Kier molecular flexibility index (Phi) is 5.80. The van der Waals surface area contributed by atoms with Crippen molar-refractivity contribution in [3.63, 3.8) is 0 Å². The molecular formula is C18H23N3O4. The molecule has 1 heterocycles. The summed E-state index contributed by atoms with van der Waals surface area (Å²) in [6.07, 6.45) is 2.07. The van der Waals surface area contributed by atoms with Gasteiger partial charge < -0.3 is 15.4 Å². The topological polar surface area (TPSA) is 87.7 Å². The molecule has 0 aromatic heterocycles. The lowest BCUT2D eigenvalue weighted by atomic mass is 10.1. The Balaban J connectivity index is 1.84. The highest BCUT2D eigenvalue weighted by Gasteiger charge is 2.43. The monoisotopic (exact) mass is 345 g/mol. The van der Waals surface area contributed by atoms with Gasteiger partial charge in [-0.3, -0.25) is 14.5 Å². The Hall–Kier alpha value is -2.83. The summed E-state index contributed by atoms with van der Waals surface area (Å²) in [5, 5.41) is 5.40. The minimum atomic E-state index is -0.873. The second kappa shape index (κ2) is 7.83. The Labute approximate surface area is 147 Å². The summed E-state index contributed by atoms with van der Waals surface area (Å²) >= 11 is 0. The summed E-state index contributed by atoms with van der Waals surface area (Å²) in [5.41, 5.74) is -0.442. The van der Waals surface area contributed by atoms with Crippen LogP contribution in [0.5, 0.6) is 5.75 Å². The van der Waals surface area contributed by atoms with Gasteiger partial charge in [0.15, 0.2) is 0 Å². The Morgan fingerprint density at radius 3 is 2.72 bits per heavy atom. The second-order valence-electron chi connectivity index (χ2n) is 6.22. The molecule has 1 aromatic carbocycles. The lowest BCUT2D eigenvalue weighted by molar-refractivity contribution is -0.130. The SMILES string of the molecule is C=CCOc1ccccc1C(=O)NCCCN1C(=O)NC(C)(C)C1=O. The van der Waals surface area contributed by atoms with Gasteiger partial charge in [0.05, 0.1) is 5.56 Å². The van der Waals surface area contributed by atoms with Gasteiger partial charge in [0.2, 0.25) is 0 Å². The summed E-state index contributed by atoms with van der Waals surface area (Å²) in [5.74, 6) is -0.0417. The maximum Gasteiger partial charge on any atom is 0.325 e. The van der Waals surface area contributed by atoms with E-state index >= 15 is 0 Å². The summed E-state index contributed by atoms with van der Waals surface area (Å²) in [7, 11) is 0. The van der Waals surface area contributed by atoms with E-state index in [1.54, 1.807) is 44.2 Å². The first-order valence-electron chi connectivity index (χ1n) is 8.12. The minimum absolute atomic E-state index is 0.253. The fourth-order valence-electron chi connectivity index (χ4n) is 2.48. The number of nitrogens with zero attached hydrogens (tertiary/aromatic N) is 1. The van der Waals surface area contributed by atoms with Crippen LogP contribution in [-0.4, -0.2) is 48.0 Å². The van der Waals surface area contributed by atoms with Crippen molar-refractivity contribution in [3.05, 3.63) is 42.5 Å². The highest BCUT2D eigenvalue weighted by molar-refractivity contribution is 6.06. The van der Waals surface area contributed by atoms with Crippen molar-refractivity contribution in [2.24, 2.45) is 0 Å². The Morgan fingerprint density at radius 1 is 1.36 bits per heavy atom. The highest BCUT2D eigenvalue weighted by Crippen LogP contribution is 2.18. The molecule has 1 aliphatic rings. The van der Waals surface area contributed by atoms with Gasteiger partial charge >= 0.3 is 6.03 Å². The predicted molar refractivity (Wildman–Crippen MR) is 93.4 cm³/mol. The van der Waals surface area contributed by atoms with Crippen molar-refractivity contribution < 1.29 is 19.1 Å². The van der Waals surface area contributed by atoms with Crippen LogP contribution in [0.25, 0.3) is 0 Å². The first-order chi connectivity index (χ1) is 11.9. The number of imide groups is 1. The zero-order chi connectivity index (χ0) is 18.4. The summed E-state index contributed by atoms with van der Waals surface area (Å²) in [6.45, 7) is 7.81. The number of ether oxygens (including phenoxy) is 1. The van der Waals surface area contributed by atoms with E-state index in [-0.39, 0.29) is 18.4 Å². The third-order valence-electron chi connectivity index (χ3n) is 3.78. The maximum absolute atomic E-state index is 12.3. The van der Waals surface area contributed by atoms with Gasteiger partial charge in [0, 0.05) is 13.1 Å². The Bertz CT molecular complexity index is 685. The van der Waals surface area contributed by atoms with Crippen LogP contribution < -0.4 is 15.4 Å². The normalized spacial score (nSPS) is 15.7. The molecule has 0 aliphatic carbocycles. The van der Waals surface area contributed by atoms with Gasteiger partial charge in [-0.2, -0.15) is 0 Å². The molecule has 7 nitrogen and oxygen atoms in total. The van der Waals surface area contributed by atoms with Crippen molar-refractivity contribution in [3.8, 4) is 5.75 Å². The first kappa shape index (κ1) is 18.5. The van der Waals surface area contributed by atoms with Crippen LogP contribution in [0, 0.1) is 0 Å². The number of carbonyl (C=O) groups excluding carboxylic acids is 3. The number of rotatable bonds is 8. The van der Waals surface area contributed by atoms with Gasteiger partial charge in [-0.25, -0.2) is 4.79 Å². The van der Waals surface area contributed by atoms with Crippen molar-refractivity contribution in [1.29, 1.82) is 0 Å². The molecule has 0 radical (unpaired) electrons. The summed E-state index contributed by atoms with van der Waals surface area (Å²) < 4.78 is 5.46. The summed E-state index contributed by atoms with van der Waals surface area (Å²) in [4.78, 5) is 37.3. The zero-order valence-corrected chi connectivity index (χ0v) is 14.5. The molecule has 0 saturated carbocycles. The lowest BCUT2D eigenvalue weighted by Crippen LogP contribution is -2.40. The lowest BCUT2D eigenvalue weighted by Gasteiger charge is -2.16. The largest absolute Gasteiger partial charge is 0.489 e. The van der Waals surface area contributed by atoms with Gasteiger partial charge in [-0.15, -0.1) is 0 Å². The smallest absolute Gasteiger partial charge is 0.325 e. The third-order valence-corrected chi connectivity index (χ3v) is 3.78. The fraction of sp³-hybridized carbons (Fsp3) is 0.389. The van der Waals surface area contributed by atoms with E-state index in [0.29, 0.717) is 30.9 Å². The van der Waals surface area contributed by atoms with Crippen LogP contribution in [0.4, 0.5) is 4.79 Å². The molecule has 25 heavy (non-hydrogen) atoms. The van der Waals surface area contributed by atoms with E-state index < -0.39 is 11.6 Å². The molecule has 1 fully saturated rings. The van der Waals surface area contributed by atoms with E-state index in [0.717, 1.165) is 0 Å². The van der Waals surface area contributed by atoms with E-state index in [2.05, 4.69) is 17.2 Å². The second-order valence-corrected chi connectivity index (χ2v) is 6.22. The molecule has 0 atom stereocenters. The zero-order valence-electron chi connectivity index (χ0n) is 14.5. The number of nitrogens with one attached hydrogen (secondary N) is 2. The summed E-state index contributed by atoms with van der Waals surface area (Å²) in [6, 6.07) is 6.53. The first-order valence-corrected chi connectivity index (χ1v) is 8.12. The number of para-hydroxylation sites is 1. The highest BCUT2D eigenvalue weighted by atomic mass is 16.5. The molecule has 4 amide bonds. The molecule has 2 N–H and O–H groups in total. The van der Waals surface area contributed by atoms with Crippen LogP contribution in [0.1, 0.15) is 30.6 Å². The van der Waals surface area contributed by atoms with Crippen LogP contribution in [0.2, 0.25) is 0 Å². The molecule has 0 bridgehead atoms. The minimum Gasteiger partial charge on any atom is -0.489 e. The Morgan fingerprint density at radius 2 is 2.08 bits per heavy atom. The molecule has 0 unspecified atom stereocenters. The van der Waals surface area contributed by atoms with Gasteiger partial charge in [-0.05, 0) is 32.4 Å². The molecule has 1 saturated heterocycles. The molecule has 2 rings (SSSR count). The number of carbonyl (C=O) groups is 3. The number of hydrogen-bond acceptors (Lipinski definition) is 4. The van der Waals surface area contributed by atoms with Crippen molar-refractivity contribution >= 4 is 17.8 Å². The average Bonchev–Trinajstić information content (AvgIpc) is 2.77. The van der Waals surface area contributed by atoms with E-state index in [9.17, 15) is 14.4 Å². The number of amides is 4. The molecule has 7 heteroatoms. The van der Waals surface area contributed by atoms with Gasteiger partial charge in [0.25, 0.3) is 11.8 Å². The molecular weight excluding hydrogens is 322 g/mol. The molecule has 1 aromatic rings.